The first-order valence-electron chi connectivity index (χ1n) is 5.35. The molecule has 1 aliphatic rings. The van der Waals surface area contributed by atoms with Crippen LogP contribution in [0.3, 0.4) is 0 Å². The molecule has 0 aromatic carbocycles. The van der Waals surface area contributed by atoms with Crippen molar-refractivity contribution in [3.63, 3.8) is 0 Å². The fourth-order valence-corrected chi connectivity index (χ4v) is 2.98. The summed E-state index contributed by atoms with van der Waals surface area (Å²) in [4.78, 5) is 4.39. The Morgan fingerprint density at radius 1 is 1.47 bits per heavy atom. The molecule has 1 aliphatic carbocycles. The van der Waals surface area contributed by atoms with Crippen LogP contribution in [0.15, 0.2) is 16.7 Å². The van der Waals surface area contributed by atoms with Gasteiger partial charge in [0.25, 0.3) is 0 Å². The second-order valence-corrected chi connectivity index (χ2v) is 6.32. The maximum absolute atomic E-state index is 6.04. The molecule has 0 aliphatic heterocycles. The average molecular weight is 289 g/mol. The molecule has 17 heavy (non-hydrogen) atoms. The summed E-state index contributed by atoms with van der Waals surface area (Å²) in [6.45, 7) is 0.740. The lowest BCUT2D eigenvalue weighted by Gasteiger charge is -1.96. The Kier molecular flexibility index (Phi) is 3.13. The number of hydrogen-bond acceptors (Lipinski definition) is 4. The minimum atomic E-state index is 0.533. The normalized spacial score (nSPS) is 15.4. The van der Waals surface area contributed by atoms with Crippen molar-refractivity contribution in [2.24, 2.45) is 0 Å². The summed E-state index contributed by atoms with van der Waals surface area (Å²) in [6, 6.07) is 2.44. The van der Waals surface area contributed by atoms with Gasteiger partial charge in [0.05, 0.1) is 15.6 Å². The van der Waals surface area contributed by atoms with E-state index in [4.69, 9.17) is 27.6 Å². The lowest BCUT2D eigenvalue weighted by Crippen LogP contribution is -2.15. The molecule has 90 valence electrons. The summed E-state index contributed by atoms with van der Waals surface area (Å²) in [5.74, 6) is 0.533. The molecule has 1 fully saturated rings. The number of hydrogen-bond donors (Lipinski definition) is 1. The highest BCUT2D eigenvalue weighted by Crippen LogP contribution is 2.37. The highest BCUT2D eigenvalue weighted by atomic mass is 35.5. The van der Waals surface area contributed by atoms with E-state index in [1.165, 1.54) is 24.2 Å². The number of oxazole rings is 1. The molecule has 2 aromatic rings. The fourth-order valence-electron chi connectivity index (χ4n) is 1.53. The number of nitrogens with one attached hydrogen (secondary N) is 1. The second-order valence-electron chi connectivity index (χ2n) is 4.04. The van der Waals surface area contributed by atoms with Crippen LogP contribution < -0.4 is 5.32 Å². The smallest absolute Gasteiger partial charge is 0.228 e. The monoisotopic (exact) mass is 288 g/mol. The number of aromatic nitrogens is 1. The molecule has 0 spiro atoms. The molecule has 0 radical (unpaired) electrons. The van der Waals surface area contributed by atoms with E-state index in [1.54, 1.807) is 12.3 Å². The van der Waals surface area contributed by atoms with Crippen molar-refractivity contribution in [2.75, 3.05) is 0 Å². The Morgan fingerprint density at radius 2 is 2.29 bits per heavy atom. The van der Waals surface area contributed by atoms with Crippen LogP contribution >= 0.6 is 34.5 Å². The van der Waals surface area contributed by atoms with Gasteiger partial charge in [-0.25, -0.2) is 4.98 Å². The lowest BCUT2D eigenvalue weighted by atomic mass is 10.3. The Hall–Kier alpha value is -0.550. The first kappa shape index (κ1) is 11.5. The van der Waals surface area contributed by atoms with Gasteiger partial charge in [-0.3, -0.25) is 0 Å². The van der Waals surface area contributed by atoms with Crippen LogP contribution in [-0.2, 0) is 6.54 Å². The third-order valence-electron chi connectivity index (χ3n) is 2.59. The molecule has 6 heteroatoms. The highest BCUT2D eigenvalue weighted by molar-refractivity contribution is 7.20. The van der Waals surface area contributed by atoms with Crippen LogP contribution in [0.25, 0.3) is 11.5 Å². The third kappa shape index (κ3) is 2.65. The van der Waals surface area contributed by atoms with Crippen LogP contribution in [0, 0.1) is 0 Å². The predicted octanol–water partition coefficient (Wildman–Crippen LogP) is 3.96. The van der Waals surface area contributed by atoms with Gasteiger partial charge in [-0.15, -0.1) is 11.3 Å². The molecule has 1 N–H and O–H groups in total. The van der Waals surface area contributed by atoms with E-state index in [0.717, 1.165) is 17.8 Å². The number of nitrogens with zero attached hydrogens (tertiary/aromatic N) is 1. The number of halogens is 2. The molecule has 0 saturated heterocycles. The molecule has 0 amide bonds. The van der Waals surface area contributed by atoms with Crippen molar-refractivity contribution in [3.8, 4) is 11.5 Å². The minimum absolute atomic E-state index is 0.533. The maximum atomic E-state index is 6.04. The summed E-state index contributed by atoms with van der Waals surface area (Å²) in [6.07, 6.45) is 4.18. The van der Waals surface area contributed by atoms with Crippen LogP contribution in [-0.4, -0.2) is 11.0 Å². The quantitative estimate of drug-likeness (QED) is 0.925. The lowest BCUT2D eigenvalue weighted by molar-refractivity contribution is 0.570. The molecule has 1 saturated carbocycles. The van der Waals surface area contributed by atoms with E-state index < -0.39 is 0 Å². The van der Waals surface area contributed by atoms with E-state index in [9.17, 15) is 0 Å². The molecular formula is C11H10Cl2N2OS. The largest absolute Gasteiger partial charge is 0.444 e. The Bertz CT molecular complexity index is 533. The zero-order valence-corrected chi connectivity index (χ0v) is 11.2. The minimum Gasteiger partial charge on any atom is -0.444 e. The SMILES string of the molecule is Clc1cc(-c2nc(CNC3CC3)co2)c(Cl)s1. The van der Waals surface area contributed by atoms with E-state index in [1.807, 2.05) is 0 Å². The predicted molar refractivity (Wildman–Crippen MR) is 69.7 cm³/mol. The van der Waals surface area contributed by atoms with E-state index in [-0.39, 0.29) is 0 Å². The van der Waals surface area contributed by atoms with Gasteiger partial charge in [-0.2, -0.15) is 0 Å². The summed E-state index contributed by atoms with van der Waals surface area (Å²) >= 11 is 13.2. The summed E-state index contributed by atoms with van der Waals surface area (Å²) in [5, 5.41) is 3.38. The van der Waals surface area contributed by atoms with Gasteiger partial charge in [0, 0.05) is 12.6 Å². The zero-order chi connectivity index (χ0) is 11.8. The maximum Gasteiger partial charge on any atom is 0.228 e. The number of rotatable bonds is 4. The van der Waals surface area contributed by atoms with Gasteiger partial charge < -0.3 is 9.73 Å². The molecule has 0 atom stereocenters. The van der Waals surface area contributed by atoms with Crippen molar-refractivity contribution < 1.29 is 4.42 Å². The van der Waals surface area contributed by atoms with Gasteiger partial charge in [0.2, 0.25) is 5.89 Å². The first-order valence-corrected chi connectivity index (χ1v) is 6.92. The fraction of sp³-hybridized carbons (Fsp3) is 0.364. The van der Waals surface area contributed by atoms with Crippen molar-refractivity contribution in [1.82, 2.24) is 10.3 Å². The van der Waals surface area contributed by atoms with E-state index in [2.05, 4.69) is 10.3 Å². The summed E-state index contributed by atoms with van der Waals surface area (Å²) in [7, 11) is 0. The van der Waals surface area contributed by atoms with E-state index in [0.29, 0.717) is 20.6 Å². The third-order valence-corrected chi connectivity index (χ3v) is 4.08. The topological polar surface area (TPSA) is 38.1 Å². The number of thiophene rings is 1. The molecule has 0 bridgehead atoms. The van der Waals surface area contributed by atoms with Gasteiger partial charge in [-0.1, -0.05) is 23.2 Å². The summed E-state index contributed by atoms with van der Waals surface area (Å²) in [5.41, 5.74) is 1.66. The van der Waals surface area contributed by atoms with Gasteiger partial charge in [0.15, 0.2) is 0 Å². The molecular weight excluding hydrogens is 279 g/mol. The van der Waals surface area contributed by atoms with Crippen LogP contribution in [0.2, 0.25) is 8.67 Å². The summed E-state index contributed by atoms with van der Waals surface area (Å²) < 4.78 is 6.66. The van der Waals surface area contributed by atoms with E-state index >= 15 is 0 Å². The van der Waals surface area contributed by atoms with Gasteiger partial charge in [-0.05, 0) is 18.9 Å². The molecule has 2 heterocycles. The van der Waals surface area contributed by atoms with Crippen molar-refractivity contribution in [1.29, 1.82) is 0 Å². The molecule has 3 rings (SSSR count). The first-order chi connectivity index (χ1) is 8.22. The Morgan fingerprint density at radius 3 is 2.94 bits per heavy atom. The van der Waals surface area contributed by atoms with Crippen molar-refractivity contribution in [2.45, 2.75) is 25.4 Å². The second kappa shape index (κ2) is 4.61. The Labute approximate surface area is 113 Å². The van der Waals surface area contributed by atoms with Crippen molar-refractivity contribution >= 4 is 34.5 Å². The molecule has 2 aromatic heterocycles. The van der Waals surface area contributed by atoms with Crippen LogP contribution in [0.1, 0.15) is 18.5 Å². The molecule has 0 unspecified atom stereocenters. The van der Waals surface area contributed by atoms with Gasteiger partial charge >= 0.3 is 0 Å². The van der Waals surface area contributed by atoms with Crippen molar-refractivity contribution in [3.05, 3.63) is 26.7 Å². The van der Waals surface area contributed by atoms with Crippen LogP contribution in [0.5, 0.6) is 0 Å². The highest BCUT2D eigenvalue weighted by Gasteiger charge is 2.21. The molecule has 3 nitrogen and oxygen atoms in total. The standard InChI is InChI=1S/C11H10Cl2N2OS/c12-9-3-8(10(13)17-9)11-15-7(5-16-11)4-14-6-1-2-6/h3,5-6,14H,1-2,4H2. The zero-order valence-electron chi connectivity index (χ0n) is 8.87. The van der Waals surface area contributed by atoms with Gasteiger partial charge in [0.1, 0.15) is 10.6 Å². The van der Waals surface area contributed by atoms with Crippen LogP contribution in [0.4, 0.5) is 0 Å². The Balaban J connectivity index is 1.76. The average Bonchev–Trinajstić information content (AvgIpc) is 2.90.